The predicted molar refractivity (Wildman–Crippen MR) is 44.7 cm³/mol. The summed E-state index contributed by atoms with van der Waals surface area (Å²) >= 11 is 0. The maximum Gasteiger partial charge on any atom is 0.418 e. The Morgan fingerprint density at radius 3 is 2.29 bits per heavy atom. The SMILES string of the molecule is CC1OC(C(F)(F)F)c2ccccc21. The van der Waals surface area contributed by atoms with Crippen molar-refractivity contribution in [2.45, 2.75) is 25.3 Å². The van der Waals surface area contributed by atoms with Crippen LogP contribution in [0.15, 0.2) is 24.3 Å². The van der Waals surface area contributed by atoms with Crippen molar-refractivity contribution in [3.63, 3.8) is 0 Å². The highest BCUT2D eigenvalue weighted by molar-refractivity contribution is 5.34. The van der Waals surface area contributed by atoms with Gasteiger partial charge in [-0.05, 0) is 18.1 Å². The summed E-state index contributed by atoms with van der Waals surface area (Å²) in [4.78, 5) is 0. The quantitative estimate of drug-likeness (QED) is 0.626. The largest absolute Gasteiger partial charge is 0.418 e. The van der Waals surface area contributed by atoms with Crippen LogP contribution in [-0.2, 0) is 4.74 Å². The zero-order valence-electron chi connectivity index (χ0n) is 7.51. The molecule has 1 aromatic rings. The van der Waals surface area contributed by atoms with E-state index in [9.17, 15) is 13.2 Å². The van der Waals surface area contributed by atoms with Gasteiger partial charge in [0.1, 0.15) is 0 Å². The number of alkyl halides is 3. The fraction of sp³-hybridized carbons (Fsp3) is 0.400. The zero-order valence-corrected chi connectivity index (χ0v) is 7.51. The Morgan fingerprint density at radius 2 is 1.71 bits per heavy atom. The maximum absolute atomic E-state index is 12.5. The highest BCUT2D eigenvalue weighted by Crippen LogP contribution is 2.46. The molecule has 2 atom stereocenters. The van der Waals surface area contributed by atoms with Crippen molar-refractivity contribution < 1.29 is 17.9 Å². The third-order valence-corrected chi connectivity index (χ3v) is 2.35. The molecule has 1 aliphatic heterocycles. The van der Waals surface area contributed by atoms with E-state index < -0.39 is 18.4 Å². The molecule has 1 heterocycles. The third-order valence-electron chi connectivity index (χ3n) is 2.35. The average molecular weight is 202 g/mol. The van der Waals surface area contributed by atoms with E-state index in [0.717, 1.165) is 0 Å². The van der Waals surface area contributed by atoms with Crippen molar-refractivity contribution in [1.29, 1.82) is 0 Å². The molecule has 1 aliphatic rings. The lowest BCUT2D eigenvalue weighted by Crippen LogP contribution is -2.20. The molecule has 0 fully saturated rings. The van der Waals surface area contributed by atoms with Crippen molar-refractivity contribution in [2.75, 3.05) is 0 Å². The van der Waals surface area contributed by atoms with Gasteiger partial charge in [-0.25, -0.2) is 0 Å². The molecule has 0 aromatic heterocycles. The van der Waals surface area contributed by atoms with E-state index in [1.807, 2.05) is 0 Å². The molecular weight excluding hydrogens is 193 g/mol. The van der Waals surface area contributed by atoms with Crippen molar-refractivity contribution in [3.8, 4) is 0 Å². The Morgan fingerprint density at radius 1 is 1.14 bits per heavy atom. The van der Waals surface area contributed by atoms with Crippen LogP contribution in [-0.4, -0.2) is 6.18 Å². The molecule has 1 aromatic carbocycles. The number of benzene rings is 1. The summed E-state index contributed by atoms with van der Waals surface area (Å²) in [7, 11) is 0. The molecule has 0 bridgehead atoms. The fourth-order valence-corrected chi connectivity index (χ4v) is 1.72. The summed E-state index contributed by atoms with van der Waals surface area (Å²) in [5.41, 5.74) is 0.877. The van der Waals surface area contributed by atoms with Crippen molar-refractivity contribution in [2.24, 2.45) is 0 Å². The number of rotatable bonds is 0. The summed E-state index contributed by atoms with van der Waals surface area (Å²) < 4.78 is 42.3. The van der Waals surface area contributed by atoms with Crippen LogP contribution in [0.5, 0.6) is 0 Å². The van der Waals surface area contributed by atoms with Gasteiger partial charge in [0.05, 0.1) is 6.10 Å². The molecule has 0 spiro atoms. The lowest BCUT2D eigenvalue weighted by atomic mass is 10.0. The van der Waals surface area contributed by atoms with E-state index in [1.165, 1.54) is 6.07 Å². The summed E-state index contributed by atoms with van der Waals surface area (Å²) in [5.74, 6) is 0. The zero-order chi connectivity index (χ0) is 10.3. The smallest absolute Gasteiger partial charge is 0.356 e. The molecule has 0 radical (unpaired) electrons. The first-order valence-electron chi connectivity index (χ1n) is 4.31. The second-order valence-corrected chi connectivity index (χ2v) is 3.33. The lowest BCUT2D eigenvalue weighted by molar-refractivity contribution is -0.226. The topological polar surface area (TPSA) is 9.23 Å². The fourth-order valence-electron chi connectivity index (χ4n) is 1.72. The first-order chi connectivity index (χ1) is 6.50. The Balaban J connectivity index is 2.44. The molecule has 0 aliphatic carbocycles. The lowest BCUT2D eigenvalue weighted by Gasteiger charge is -2.15. The number of hydrogen-bond acceptors (Lipinski definition) is 1. The van der Waals surface area contributed by atoms with Gasteiger partial charge in [-0.1, -0.05) is 24.3 Å². The molecule has 0 N–H and O–H groups in total. The standard InChI is InChI=1S/C10H9F3O/c1-6-7-4-2-3-5-8(7)9(14-6)10(11,12)13/h2-6,9H,1H3. The minimum Gasteiger partial charge on any atom is -0.356 e. The molecule has 4 heteroatoms. The highest BCUT2D eigenvalue weighted by Gasteiger charge is 2.47. The Hall–Kier alpha value is -1.03. The minimum absolute atomic E-state index is 0.243. The van der Waals surface area contributed by atoms with E-state index in [1.54, 1.807) is 25.1 Å². The number of hydrogen-bond donors (Lipinski definition) is 0. The molecule has 0 saturated heterocycles. The van der Waals surface area contributed by atoms with Crippen LogP contribution in [0.25, 0.3) is 0 Å². The molecule has 2 unspecified atom stereocenters. The van der Waals surface area contributed by atoms with Crippen LogP contribution in [0.1, 0.15) is 30.3 Å². The van der Waals surface area contributed by atoms with Gasteiger partial charge in [0, 0.05) is 0 Å². The van der Waals surface area contributed by atoms with Crippen LogP contribution in [0, 0.1) is 0 Å². The predicted octanol–water partition coefficient (Wildman–Crippen LogP) is 3.38. The number of halogens is 3. The van der Waals surface area contributed by atoms with Crippen molar-refractivity contribution in [1.82, 2.24) is 0 Å². The van der Waals surface area contributed by atoms with E-state index in [2.05, 4.69) is 0 Å². The van der Waals surface area contributed by atoms with Gasteiger partial charge in [0.2, 0.25) is 0 Å². The van der Waals surface area contributed by atoms with Gasteiger partial charge in [-0.2, -0.15) is 13.2 Å². The van der Waals surface area contributed by atoms with Gasteiger partial charge in [-0.15, -0.1) is 0 Å². The van der Waals surface area contributed by atoms with Gasteiger partial charge < -0.3 is 4.74 Å². The third kappa shape index (κ3) is 1.39. The van der Waals surface area contributed by atoms with Gasteiger partial charge >= 0.3 is 6.18 Å². The first-order valence-corrected chi connectivity index (χ1v) is 4.31. The Kier molecular flexibility index (Phi) is 2.03. The van der Waals surface area contributed by atoms with Crippen LogP contribution in [0.4, 0.5) is 13.2 Å². The molecule has 0 amide bonds. The summed E-state index contributed by atoms with van der Waals surface area (Å²) in [5, 5.41) is 0. The normalized spacial score (nSPS) is 26.3. The first kappa shape index (κ1) is 9.52. The minimum atomic E-state index is -4.32. The van der Waals surface area contributed by atoms with Crippen LogP contribution >= 0.6 is 0 Å². The van der Waals surface area contributed by atoms with Gasteiger partial charge in [0.15, 0.2) is 6.10 Å². The summed E-state index contributed by atoms with van der Waals surface area (Å²) in [6.45, 7) is 1.63. The number of fused-ring (bicyclic) bond motifs is 1. The van der Waals surface area contributed by atoms with Crippen LogP contribution < -0.4 is 0 Å². The van der Waals surface area contributed by atoms with E-state index >= 15 is 0 Å². The molecule has 1 nitrogen and oxygen atoms in total. The van der Waals surface area contributed by atoms with E-state index in [-0.39, 0.29) is 5.56 Å². The number of ether oxygens (including phenoxy) is 1. The average Bonchev–Trinajstić information content (AvgIpc) is 2.44. The molecular formula is C10H9F3O. The highest BCUT2D eigenvalue weighted by atomic mass is 19.4. The van der Waals surface area contributed by atoms with Crippen molar-refractivity contribution >= 4 is 0 Å². The van der Waals surface area contributed by atoms with E-state index in [0.29, 0.717) is 5.56 Å². The second-order valence-electron chi connectivity index (χ2n) is 3.33. The summed E-state index contributed by atoms with van der Waals surface area (Å²) in [6.07, 6.45) is -6.55. The maximum atomic E-state index is 12.5. The summed E-state index contributed by atoms with van der Waals surface area (Å²) in [6, 6.07) is 6.46. The Labute approximate surface area is 79.5 Å². The van der Waals surface area contributed by atoms with Gasteiger partial charge in [-0.3, -0.25) is 0 Å². The van der Waals surface area contributed by atoms with Crippen molar-refractivity contribution in [3.05, 3.63) is 35.4 Å². The molecule has 0 saturated carbocycles. The molecule has 14 heavy (non-hydrogen) atoms. The van der Waals surface area contributed by atoms with E-state index in [4.69, 9.17) is 4.74 Å². The van der Waals surface area contributed by atoms with Crippen LogP contribution in [0.3, 0.4) is 0 Å². The molecule has 2 rings (SSSR count). The molecule has 76 valence electrons. The van der Waals surface area contributed by atoms with Crippen LogP contribution in [0.2, 0.25) is 0 Å². The monoisotopic (exact) mass is 202 g/mol. The second kappa shape index (κ2) is 2.98. The Bertz CT molecular complexity index is 345. The van der Waals surface area contributed by atoms with Gasteiger partial charge in [0.25, 0.3) is 0 Å².